The Balaban J connectivity index is 1.97. The van der Waals surface area contributed by atoms with Gasteiger partial charge >= 0.3 is 0 Å². The highest BCUT2D eigenvalue weighted by Crippen LogP contribution is 2.19. The smallest absolute Gasteiger partial charge is 0.241 e. The molecule has 4 heteroatoms. The zero-order chi connectivity index (χ0) is 14.5. The van der Waals surface area contributed by atoms with Gasteiger partial charge in [-0.05, 0) is 25.3 Å². The summed E-state index contributed by atoms with van der Waals surface area (Å²) in [5, 5.41) is 12.9. The minimum absolute atomic E-state index is 0.165. The maximum absolute atomic E-state index is 12.2. The molecule has 110 valence electrons. The fraction of sp³-hybridized carbons (Fsp3) is 0.562. The van der Waals surface area contributed by atoms with Gasteiger partial charge in [-0.2, -0.15) is 0 Å². The molecule has 1 amide bonds. The molecule has 0 spiro atoms. The van der Waals surface area contributed by atoms with E-state index in [1.54, 1.807) is 0 Å². The number of carbonyl (C=O) groups excluding carboxylic acids is 1. The molecular weight excluding hydrogens is 252 g/mol. The molecule has 1 aliphatic rings. The first-order valence-electron chi connectivity index (χ1n) is 7.38. The number of hydrogen-bond acceptors (Lipinski definition) is 3. The zero-order valence-electron chi connectivity index (χ0n) is 12.0. The van der Waals surface area contributed by atoms with Crippen molar-refractivity contribution in [3.05, 3.63) is 35.4 Å². The highest BCUT2D eigenvalue weighted by atomic mass is 16.3. The Morgan fingerprint density at radius 1 is 1.25 bits per heavy atom. The van der Waals surface area contributed by atoms with Crippen molar-refractivity contribution in [3.63, 3.8) is 0 Å². The van der Waals surface area contributed by atoms with E-state index in [1.165, 1.54) is 0 Å². The number of hydrogen-bond donors (Lipinski definition) is 3. The molecule has 1 fully saturated rings. The van der Waals surface area contributed by atoms with Crippen molar-refractivity contribution in [1.29, 1.82) is 0 Å². The van der Waals surface area contributed by atoms with Gasteiger partial charge in [-0.25, -0.2) is 0 Å². The van der Waals surface area contributed by atoms with Crippen LogP contribution >= 0.6 is 0 Å². The first kappa shape index (κ1) is 15.0. The molecule has 0 bridgehead atoms. The lowest BCUT2D eigenvalue weighted by Gasteiger charge is -2.23. The van der Waals surface area contributed by atoms with E-state index in [-0.39, 0.29) is 11.9 Å². The number of rotatable bonds is 3. The SMILES string of the molecule is Cc1ccc(C(N)C(=O)NC2CCCCCC2O)cc1. The minimum Gasteiger partial charge on any atom is -0.391 e. The molecule has 1 saturated carbocycles. The first-order chi connectivity index (χ1) is 9.58. The average molecular weight is 276 g/mol. The second-order valence-corrected chi connectivity index (χ2v) is 5.71. The minimum atomic E-state index is -0.675. The fourth-order valence-electron chi connectivity index (χ4n) is 2.65. The van der Waals surface area contributed by atoms with E-state index >= 15 is 0 Å². The molecule has 0 aliphatic heterocycles. The normalized spacial score (nSPS) is 24.8. The summed E-state index contributed by atoms with van der Waals surface area (Å²) in [5.74, 6) is -0.209. The van der Waals surface area contributed by atoms with Gasteiger partial charge in [-0.3, -0.25) is 4.79 Å². The number of amides is 1. The summed E-state index contributed by atoms with van der Waals surface area (Å²) in [6, 6.07) is 6.81. The summed E-state index contributed by atoms with van der Waals surface area (Å²) in [5.41, 5.74) is 7.94. The molecule has 3 atom stereocenters. The van der Waals surface area contributed by atoms with Gasteiger partial charge in [-0.1, -0.05) is 49.1 Å². The number of aryl methyl sites for hydroxylation is 1. The Morgan fingerprint density at radius 2 is 1.90 bits per heavy atom. The Morgan fingerprint density at radius 3 is 2.60 bits per heavy atom. The van der Waals surface area contributed by atoms with Crippen molar-refractivity contribution < 1.29 is 9.90 Å². The van der Waals surface area contributed by atoms with Crippen LogP contribution in [0.4, 0.5) is 0 Å². The van der Waals surface area contributed by atoms with Gasteiger partial charge < -0.3 is 16.2 Å². The third-order valence-electron chi connectivity index (χ3n) is 4.03. The van der Waals surface area contributed by atoms with E-state index in [0.717, 1.165) is 43.2 Å². The Bertz CT molecular complexity index is 444. The van der Waals surface area contributed by atoms with Gasteiger partial charge in [0, 0.05) is 0 Å². The molecule has 0 saturated heterocycles. The number of nitrogens with one attached hydrogen (secondary N) is 1. The molecular formula is C16H24N2O2. The molecule has 0 heterocycles. The molecule has 1 aromatic rings. The number of aliphatic hydroxyl groups excluding tert-OH is 1. The quantitative estimate of drug-likeness (QED) is 0.737. The summed E-state index contributed by atoms with van der Waals surface area (Å²) in [7, 11) is 0. The van der Waals surface area contributed by atoms with E-state index in [4.69, 9.17) is 5.73 Å². The number of carbonyl (C=O) groups is 1. The van der Waals surface area contributed by atoms with Crippen LogP contribution in [0.2, 0.25) is 0 Å². The fourth-order valence-corrected chi connectivity index (χ4v) is 2.65. The summed E-state index contributed by atoms with van der Waals surface area (Å²) >= 11 is 0. The monoisotopic (exact) mass is 276 g/mol. The van der Waals surface area contributed by atoms with Crippen molar-refractivity contribution >= 4 is 5.91 Å². The third-order valence-corrected chi connectivity index (χ3v) is 4.03. The van der Waals surface area contributed by atoms with Crippen LogP contribution in [0.15, 0.2) is 24.3 Å². The van der Waals surface area contributed by atoms with Gasteiger partial charge in [0.1, 0.15) is 6.04 Å². The molecule has 0 radical (unpaired) electrons. The maximum Gasteiger partial charge on any atom is 0.241 e. The zero-order valence-corrected chi connectivity index (χ0v) is 12.0. The second kappa shape index (κ2) is 6.86. The average Bonchev–Trinajstić information content (AvgIpc) is 2.64. The lowest BCUT2D eigenvalue weighted by molar-refractivity contribution is -0.124. The lowest BCUT2D eigenvalue weighted by Crippen LogP contribution is -2.46. The Kier molecular flexibility index (Phi) is 5.15. The number of nitrogens with two attached hydrogens (primary N) is 1. The number of aliphatic hydroxyl groups is 1. The van der Waals surface area contributed by atoms with Gasteiger partial charge in [0.25, 0.3) is 0 Å². The molecule has 4 N–H and O–H groups in total. The van der Waals surface area contributed by atoms with Crippen LogP contribution < -0.4 is 11.1 Å². The summed E-state index contributed by atoms with van der Waals surface area (Å²) in [6.07, 6.45) is 4.32. The van der Waals surface area contributed by atoms with E-state index in [0.29, 0.717) is 0 Å². The van der Waals surface area contributed by atoms with Gasteiger partial charge in [0.2, 0.25) is 5.91 Å². The molecule has 1 aromatic carbocycles. The number of benzene rings is 1. The highest BCUT2D eigenvalue weighted by Gasteiger charge is 2.25. The van der Waals surface area contributed by atoms with Crippen LogP contribution in [0, 0.1) is 6.92 Å². The van der Waals surface area contributed by atoms with Crippen LogP contribution in [0.5, 0.6) is 0 Å². The maximum atomic E-state index is 12.2. The van der Waals surface area contributed by atoms with Crippen LogP contribution in [0.25, 0.3) is 0 Å². The van der Waals surface area contributed by atoms with Gasteiger partial charge in [0.05, 0.1) is 12.1 Å². The molecule has 3 unspecified atom stereocenters. The first-order valence-corrected chi connectivity index (χ1v) is 7.38. The van der Waals surface area contributed by atoms with Crippen molar-refractivity contribution in [1.82, 2.24) is 5.32 Å². The van der Waals surface area contributed by atoms with Crippen LogP contribution in [0.1, 0.15) is 49.3 Å². The van der Waals surface area contributed by atoms with E-state index in [2.05, 4.69) is 5.32 Å². The molecule has 20 heavy (non-hydrogen) atoms. The standard InChI is InChI=1S/C16H24N2O2/c1-11-7-9-12(10-8-11)15(17)16(20)18-13-5-3-2-4-6-14(13)19/h7-10,13-15,19H,2-6,17H2,1H3,(H,18,20). The van der Waals surface area contributed by atoms with Crippen molar-refractivity contribution in [3.8, 4) is 0 Å². The van der Waals surface area contributed by atoms with Crippen LogP contribution in [-0.4, -0.2) is 23.2 Å². The van der Waals surface area contributed by atoms with Crippen LogP contribution in [0.3, 0.4) is 0 Å². The summed E-state index contributed by atoms with van der Waals surface area (Å²) < 4.78 is 0. The molecule has 2 rings (SSSR count). The largest absolute Gasteiger partial charge is 0.391 e. The highest BCUT2D eigenvalue weighted by molar-refractivity contribution is 5.83. The summed E-state index contributed by atoms with van der Waals surface area (Å²) in [4.78, 5) is 12.2. The van der Waals surface area contributed by atoms with Crippen molar-refractivity contribution in [2.75, 3.05) is 0 Å². The topological polar surface area (TPSA) is 75.4 Å². The van der Waals surface area contributed by atoms with Crippen molar-refractivity contribution in [2.45, 2.75) is 57.2 Å². The Hall–Kier alpha value is -1.39. The van der Waals surface area contributed by atoms with Crippen LogP contribution in [-0.2, 0) is 4.79 Å². The molecule has 1 aliphatic carbocycles. The van der Waals surface area contributed by atoms with E-state index in [9.17, 15) is 9.90 Å². The lowest BCUT2D eigenvalue weighted by atomic mass is 10.0. The third kappa shape index (κ3) is 3.81. The predicted molar refractivity (Wildman–Crippen MR) is 79.1 cm³/mol. The molecule has 0 aromatic heterocycles. The molecule has 4 nitrogen and oxygen atoms in total. The van der Waals surface area contributed by atoms with Gasteiger partial charge in [-0.15, -0.1) is 0 Å². The van der Waals surface area contributed by atoms with E-state index in [1.807, 2.05) is 31.2 Å². The van der Waals surface area contributed by atoms with Gasteiger partial charge in [0.15, 0.2) is 0 Å². The van der Waals surface area contributed by atoms with E-state index < -0.39 is 12.1 Å². The summed E-state index contributed by atoms with van der Waals surface area (Å²) in [6.45, 7) is 2.00. The Labute approximate surface area is 120 Å². The second-order valence-electron chi connectivity index (χ2n) is 5.71. The van der Waals surface area contributed by atoms with Crippen molar-refractivity contribution in [2.24, 2.45) is 5.73 Å². The predicted octanol–water partition coefficient (Wildman–Crippen LogP) is 1.80.